The van der Waals surface area contributed by atoms with E-state index in [9.17, 15) is 14.0 Å². The highest BCUT2D eigenvalue weighted by Crippen LogP contribution is 2.17. The molecule has 1 aromatic rings. The van der Waals surface area contributed by atoms with E-state index in [1.165, 1.54) is 26.2 Å². The number of benzene rings is 1. The van der Waals surface area contributed by atoms with Crippen LogP contribution in [0.3, 0.4) is 0 Å². The summed E-state index contributed by atoms with van der Waals surface area (Å²) in [5, 5.41) is 5.46. The average molecular weight is 347 g/mol. The maximum Gasteiger partial charge on any atom is 0.329 e. The Morgan fingerprint density at radius 3 is 2.75 bits per heavy atom. The first-order valence-corrected chi connectivity index (χ1v) is 6.73. The highest BCUT2D eigenvalue weighted by Gasteiger charge is 2.19. The lowest BCUT2D eigenvalue weighted by Crippen LogP contribution is -2.46. The van der Waals surface area contributed by atoms with Crippen molar-refractivity contribution < 1.29 is 18.7 Å². The number of amides is 1. The molecular weight excluding hydrogens is 331 g/mol. The van der Waals surface area contributed by atoms with Gasteiger partial charge in [0, 0.05) is 24.5 Å². The highest BCUT2D eigenvalue weighted by molar-refractivity contribution is 9.10. The summed E-state index contributed by atoms with van der Waals surface area (Å²) in [6.07, 6.45) is 0. The summed E-state index contributed by atoms with van der Waals surface area (Å²) in [6, 6.07) is 3.58. The van der Waals surface area contributed by atoms with Crippen LogP contribution in [0.25, 0.3) is 0 Å². The third-order valence-corrected chi connectivity index (χ3v) is 3.31. The smallest absolute Gasteiger partial charge is 0.329 e. The fraction of sp³-hybridized carbons (Fsp3) is 0.385. The Balaban J connectivity index is 2.57. The second kappa shape index (κ2) is 7.96. The predicted octanol–water partition coefficient (Wildman–Crippen LogP) is 1.36. The zero-order valence-corrected chi connectivity index (χ0v) is 12.8. The third-order valence-electron chi connectivity index (χ3n) is 2.53. The maximum absolute atomic E-state index is 13.1. The molecule has 1 unspecified atom stereocenters. The standard InChI is InChI=1S/C13H16BrFN2O3/c1-8(18)17-12(13(19)20-2)7-16-6-9-5-10(15)3-4-11(9)14/h3-5,12,16H,6-7H2,1-2H3,(H,17,18). The quantitative estimate of drug-likeness (QED) is 0.763. The zero-order chi connectivity index (χ0) is 15.1. The molecule has 0 fully saturated rings. The van der Waals surface area contributed by atoms with E-state index < -0.39 is 12.0 Å². The first kappa shape index (κ1) is 16.6. The zero-order valence-electron chi connectivity index (χ0n) is 11.2. The van der Waals surface area contributed by atoms with Crippen LogP contribution >= 0.6 is 15.9 Å². The summed E-state index contributed by atoms with van der Waals surface area (Å²) < 4.78 is 18.5. The largest absolute Gasteiger partial charge is 0.467 e. The number of ether oxygens (including phenoxy) is 1. The Hall–Kier alpha value is -1.47. The van der Waals surface area contributed by atoms with Crippen LogP contribution < -0.4 is 10.6 Å². The monoisotopic (exact) mass is 346 g/mol. The summed E-state index contributed by atoms with van der Waals surface area (Å²) >= 11 is 3.31. The van der Waals surface area contributed by atoms with Crippen molar-refractivity contribution in [3.63, 3.8) is 0 Å². The minimum Gasteiger partial charge on any atom is -0.467 e. The van der Waals surface area contributed by atoms with Gasteiger partial charge in [-0.15, -0.1) is 0 Å². The first-order valence-electron chi connectivity index (χ1n) is 5.93. The first-order chi connectivity index (χ1) is 9.43. The van der Waals surface area contributed by atoms with Crippen LogP contribution in [0.2, 0.25) is 0 Å². The average Bonchev–Trinajstić information content (AvgIpc) is 2.40. The van der Waals surface area contributed by atoms with Crippen molar-refractivity contribution in [1.29, 1.82) is 0 Å². The molecule has 0 spiro atoms. The van der Waals surface area contributed by atoms with Gasteiger partial charge in [0.2, 0.25) is 5.91 Å². The molecule has 5 nitrogen and oxygen atoms in total. The minimum absolute atomic E-state index is 0.190. The van der Waals surface area contributed by atoms with Crippen LogP contribution in [0.15, 0.2) is 22.7 Å². The Kier molecular flexibility index (Phi) is 6.60. The van der Waals surface area contributed by atoms with Crippen LogP contribution in [0.5, 0.6) is 0 Å². The molecule has 1 atom stereocenters. The van der Waals surface area contributed by atoms with E-state index in [1.54, 1.807) is 6.07 Å². The van der Waals surface area contributed by atoms with Crippen molar-refractivity contribution in [3.8, 4) is 0 Å². The highest BCUT2D eigenvalue weighted by atomic mass is 79.9. The topological polar surface area (TPSA) is 67.4 Å². The van der Waals surface area contributed by atoms with Crippen LogP contribution in [-0.4, -0.2) is 31.6 Å². The molecule has 1 aromatic carbocycles. The van der Waals surface area contributed by atoms with Gasteiger partial charge in [-0.3, -0.25) is 4.79 Å². The second-order valence-electron chi connectivity index (χ2n) is 4.14. The number of hydrogen-bond acceptors (Lipinski definition) is 4. The van der Waals surface area contributed by atoms with E-state index in [4.69, 9.17) is 0 Å². The minimum atomic E-state index is -0.773. The molecule has 0 bridgehead atoms. The Morgan fingerprint density at radius 2 is 2.15 bits per heavy atom. The lowest BCUT2D eigenvalue weighted by molar-refractivity contribution is -0.144. The molecule has 110 valence electrons. The van der Waals surface area contributed by atoms with E-state index in [0.717, 1.165) is 10.0 Å². The van der Waals surface area contributed by atoms with Crippen molar-refractivity contribution in [2.75, 3.05) is 13.7 Å². The molecular formula is C13H16BrFN2O3. The number of halogens is 2. The molecule has 1 amide bonds. The number of esters is 1. The molecule has 7 heteroatoms. The summed E-state index contributed by atoms with van der Waals surface area (Å²) in [6.45, 7) is 1.86. The van der Waals surface area contributed by atoms with Gasteiger partial charge in [0.05, 0.1) is 7.11 Å². The van der Waals surface area contributed by atoms with Gasteiger partial charge < -0.3 is 15.4 Å². The van der Waals surface area contributed by atoms with E-state index in [2.05, 4.69) is 31.3 Å². The molecule has 0 saturated heterocycles. The van der Waals surface area contributed by atoms with Gasteiger partial charge in [-0.1, -0.05) is 15.9 Å². The van der Waals surface area contributed by atoms with E-state index >= 15 is 0 Å². The van der Waals surface area contributed by atoms with E-state index in [0.29, 0.717) is 6.54 Å². The number of hydrogen-bond donors (Lipinski definition) is 2. The molecule has 2 N–H and O–H groups in total. The van der Waals surface area contributed by atoms with E-state index in [1.807, 2.05) is 0 Å². The molecule has 0 aromatic heterocycles. The Labute approximate surface area is 125 Å². The maximum atomic E-state index is 13.1. The van der Waals surface area contributed by atoms with Crippen molar-refractivity contribution in [1.82, 2.24) is 10.6 Å². The third kappa shape index (κ3) is 5.26. The molecule has 0 aliphatic heterocycles. The van der Waals surface area contributed by atoms with Gasteiger partial charge in [0.15, 0.2) is 0 Å². The van der Waals surface area contributed by atoms with Crippen LogP contribution in [0, 0.1) is 5.82 Å². The molecule has 1 rings (SSSR count). The lowest BCUT2D eigenvalue weighted by Gasteiger charge is -2.16. The van der Waals surface area contributed by atoms with Gasteiger partial charge in [-0.05, 0) is 23.8 Å². The number of nitrogens with one attached hydrogen (secondary N) is 2. The molecule has 0 saturated carbocycles. The molecule has 0 aliphatic rings. The normalized spacial score (nSPS) is 11.8. The van der Waals surface area contributed by atoms with Crippen molar-refractivity contribution in [2.45, 2.75) is 19.5 Å². The van der Waals surface area contributed by atoms with Gasteiger partial charge in [-0.25, -0.2) is 9.18 Å². The Morgan fingerprint density at radius 1 is 1.45 bits per heavy atom. The number of carbonyl (C=O) groups is 2. The van der Waals surface area contributed by atoms with Crippen LogP contribution in [0.4, 0.5) is 4.39 Å². The summed E-state index contributed by atoms with van der Waals surface area (Å²) in [5.41, 5.74) is 0.719. The number of methoxy groups -OCH3 is 1. The summed E-state index contributed by atoms with van der Waals surface area (Å²) in [4.78, 5) is 22.5. The molecule has 20 heavy (non-hydrogen) atoms. The SMILES string of the molecule is COC(=O)C(CNCc1cc(F)ccc1Br)NC(C)=O. The van der Waals surface area contributed by atoms with Crippen LogP contribution in [-0.2, 0) is 20.9 Å². The summed E-state index contributed by atoms with van der Waals surface area (Å²) in [5.74, 6) is -1.20. The predicted molar refractivity (Wildman–Crippen MR) is 75.4 cm³/mol. The molecule has 0 heterocycles. The van der Waals surface area contributed by atoms with Crippen LogP contribution in [0.1, 0.15) is 12.5 Å². The van der Waals surface area contributed by atoms with Gasteiger partial charge in [0.1, 0.15) is 11.9 Å². The fourth-order valence-corrected chi connectivity index (χ4v) is 2.00. The number of carbonyl (C=O) groups excluding carboxylic acids is 2. The molecule has 0 aliphatic carbocycles. The lowest BCUT2D eigenvalue weighted by atomic mass is 10.2. The van der Waals surface area contributed by atoms with Crippen molar-refractivity contribution >= 4 is 27.8 Å². The summed E-state index contributed by atoms with van der Waals surface area (Å²) in [7, 11) is 1.25. The Bertz CT molecular complexity index is 497. The van der Waals surface area contributed by atoms with E-state index in [-0.39, 0.29) is 18.3 Å². The van der Waals surface area contributed by atoms with Gasteiger partial charge >= 0.3 is 5.97 Å². The molecule has 0 radical (unpaired) electrons. The van der Waals surface area contributed by atoms with Gasteiger partial charge in [-0.2, -0.15) is 0 Å². The van der Waals surface area contributed by atoms with Crippen molar-refractivity contribution in [2.24, 2.45) is 0 Å². The fourth-order valence-electron chi connectivity index (χ4n) is 1.61. The number of rotatable bonds is 6. The van der Waals surface area contributed by atoms with Crippen molar-refractivity contribution in [3.05, 3.63) is 34.1 Å². The van der Waals surface area contributed by atoms with Gasteiger partial charge in [0.25, 0.3) is 0 Å². The second-order valence-corrected chi connectivity index (χ2v) is 5.00.